The lowest BCUT2D eigenvalue weighted by molar-refractivity contribution is -0.128. The van der Waals surface area contributed by atoms with Crippen LogP contribution in [0.4, 0.5) is 11.4 Å². The van der Waals surface area contributed by atoms with Crippen molar-refractivity contribution in [3.05, 3.63) is 23.8 Å². The molecule has 140 valence electrons. The second-order valence-electron chi connectivity index (χ2n) is 6.72. The van der Waals surface area contributed by atoms with Crippen LogP contribution in [0.1, 0.15) is 52.0 Å². The average Bonchev–Trinajstić information content (AvgIpc) is 2.84. The van der Waals surface area contributed by atoms with E-state index in [-0.39, 0.29) is 5.91 Å². The minimum atomic E-state index is -0.789. The molecule has 2 N–H and O–H groups in total. The molecule has 0 spiro atoms. The molecule has 2 rings (SSSR count). The van der Waals surface area contributed by atoms with Crippen LogP contribution in [0, 0.1) is 0 Å². The highest BCUT2D eigenvalue weighted by molar-refractivity contribution is 6.08. The van der Waals surface area contributed by atoms with E-state index < -0.39 is 5.41 Å². The van der Waals surface area contributed by atoms with Crippen LogP contribution < -0.4 is 10.6 Å². The van der Waals surface area contributed by atoms with Crippen LogP contribution in [0.2, 0.25) is 0 Å². The molecule has 1 amide bonds. The number of rotatable bonds is 11. The van der Waals surface area contributed by atoms with Gasteiger partial charge in [0.05, 0.1) is 13.2 Å². The molecule has 0 bridgehead atoms. The summed E-state index contributed by atoms with van der Waals surface area (Å²) in [6.07, 6.45) is 4.11. The van der Waals surface area contributed by atoms with Crippen LogP contribution in [-0.4, -0.2) is 38.9 Å². The Morgan fingerprint density at radius 3 is 2.16 bits per heavy atom. The third kappa shape index (κ3) is 4.15. The van der Waals surface area contributed by atoms with E-state index in [1.165, 1.54) is 0 Å². The predicted molar refractivity (Wildman–Crippen MR) is 102 cm³/mol. The summed E-state index contributed by atoms with van der Waals surface area (Å²) in [7, 11) is 0. The maximum atomic E-state index is 13.3. The number of nitrogens with zero attached hydrogens (tertiary/aromatic N) is 1. The minimum absolute atomic E-state index is 0.0589. The van der Waals surface area contributed by atoms with Crippen molar-refractivity contribution in [2.45, 2.75) is 51.9 Å². The van der Waals surface area contributed by atoms with Crippen LogP contribution in [0.15, 0.2) is 18.2 Å². The van der Waals surface area contributed by atoms with Crippen molar-refractivity contribution < 1.29 is 14.3 Å². The van der Waals surface area contributed by atoms with E-state index in [9.17, 15) is 4.79 Å². The third-order valence-corrected chi connectivity index (χ3v) is 4.78. The minimum Gasteiger partial charge on any atom is -0.399 e. The Hall–Kier alpha value is -1.59. The Labute approximate surface area is 151 Å². The van der Waals surface area contributed by atoms with Crippen LogP contribution in [0.5, 0.6) is 0 Å². The zero-order valence-corrected chi connectivity index (χ0v) is 15.8. The molecule has 0 aliphatic carbocycles. The Morgan fingerprint density at radius 2 is 1.64 bits per heavy atom. The van der Waals surface area contributed by atoms with Gasteiger partial charge in [0, 0.05) is 31.1 Å². The Morgan fingerprint density at radius 1 is 1.04 bits per heavy atom. The maximum Gasteiger partial charge on any atom is 0.242 e. The molecule has 1 aliphatic heterocycles. The zero-order valence-electron chi connectivity index (χ0n) is 15.8. The number of nitrogen functional groups attached to an aromatic ring is 1. The van der Waals surface area contributed by atoms with Gasteiger partial charge in [-0.05, 0) is 43.5 Å². The standard InChI is InChI=1S/C20H32N2O3/c1-4-7-11-24-14-20(15-25-12-8-5-2)17-13-16(21)9-10-18(17)22(6-3)19(20)23/h9-10,13H,4-8,11-12,14-15,21H2,1-3H3. The van der Waals surface area contributed by atoms with E-state index >= 15 is 0 Å². The number of carbonyl (C=O) groups is 1. The molecule has 1 aromatic rings. The molecule has 1 heterocycles. The Bertz CT molecular complexity index is 562. The average molecular weight is 348 g/mol. The smallest absolute Gasteiger partial charge is 0.242 e. The molecule has 1 aliphatic rings. The van der Waals surface area contributed by atoms with Crippen LogP contribution in [0.3, 0.4) is 0 Å². The number of anilines is 2. The van der Waals surface area contributed by atoms with Crippen molar-refractivity contribution in [2.24, 2.45) is 0 Å². The molecular weight excluding hydrogens is 316 g/mol. The van der Waals surface area contributed by atoms with E-state index in [0.29, 0.717) is 38.7 Å². The molecule has 5 heteroatoms. The number of fused-ring (bicyclic) bond motifs is 1. The monoisotopic (exact) mass is 348 g/mol. The lowest BCUT2D eigenvalue weighted by atomic mass is 9.83. The number of ether oxygens (including phenoxy) is 2. The van der Waals surface area contributed by atoms with Crippen LogP contribution >= 0.6 is 0 Å². The van der Waals surface area contributed by atoms with E-state index in [4.69, 9.17) is 15.2 Å². The topological polar surface area (TPSA) is 64.8 Å². The van der Waals surface area contributed by atoms with Gasteiger partial charge in [-0.3, -0.25) is 4.79 Å². The van der Waals surface area contributed by atoms with Gasteiger partial charge in [-0.15, -0.1) is 0 Å². The quantitative estimate of drug-likeness (QED) is 0.491. The lowest BCUT2D eigenvalue weighted by Gasteiger charge is -2.28. The first kappa shape index (κ1) is 19.7. The van der Waals surface area contributed by atoms with Gasteiger partial charge < -0.3 is 20.1 Å². The normalized spacial score (nSPS) is 15.6. The highest BCUT2D eigenvalue weighted by Gasteiger charge is 2.51. The molecule has 0 atom stereocenters. The third-order valence-electron chi connectivity index (χ3n) is 4.78. The molecule has 0 saturated carbocycles. The number of nitrogens with two attached hydrogens (primary N) is 1. The summed E-state index contributed by atoms with van der Waals surface area (Å²) in [6.45, 7) is 8.86. The highest BCUT2D eigenvalue weighted by atomic mass is 16.5. The molecule has 0 radical (unpaired) electrons. The van der Waals surface area contributed by atoms with Crippen molar-refractivity contribution in [3.8, 4) is 0 Å². The fourth-order valence-corrected chi connectivity index (χ4v) is 3.28. The number of likely N-dealkylation sites (N-methyl/N-ethyl adjacent to an activating group) is 1. The van der Waals surface area contributed by atoms with Gasteiger partial charge in [-0.2, -0.15) is 0 Å². The summed E-state index contributed by atoms with van der Waals surface area (Å²) in [5, 5.41) is 0. The summed E-state index contributed by atoms with van der Waals surface area (Å²) in [6, 6.07) is 5.70. The largest absolute Gasteiger partial charge is 0.399 e. The van der Waals surface area contributed by atoms with Gasteiger partial charge >= 0.3 is 0 Å². The van der Waals surface area contributed by atoms with E-state index in [1.54, 1.807) is 0 Å². The van der Waals surface area contributed by atoms with E-state index in [0.717, 1.165) is 36.9 Å². The van der Waals surface area contributed by atoms with Gasteiger partial charge in [0.1, 0.15) is 5.41 Å². The number of hydrogen-bond donors (Lipinski definition) is 1. The molecule has 0 fully saturated rings. The van der Waals surface area contributed by atoms with E-state index in [2.05, 4.69) is 13.8 Å². The predicted octanol–water partition coefficient (Wildman–Crippen LogP) is 3.51. The maximum absolute atomic E-state index is 13.3. The summed E-state index contributed by atoms with van der Waals surface area (Å²) < 4.78 is 11.8. The SMILES string of the molecule is CCCCOCC1(COCCCC)C(=O)N(CC)c2ccc(N)cc21. The molecule has 0 unspecified atom stereocenters. The number of benzene rings is 1. The molecular formula is C20H32N2O3. The summed E-state index contributed by atoms with van der Waals surface area (Å²) >= 11 is 0. The fourth-order valence-electron chi connectivity index (χ4n) is 3.28. The summed E-state index contributed by atoms with van der Waals surface area (Å²) in [5.41, 5.74) is 7.77. The van der Waals surface area contributed by atoms with Crippen molar-refractivity contribution in [1.82, 2.24) is 0 Å². The number of amides is 1. The highest BCUT2D eigenvalue weighted by Crippen LogP contribution is 2.43. The van der Waals surface area contributed by atoms with Crippen molar-refractivity contribution in [2.75, 3.05) is 43.6 Å². The van der Waals surface area contributed by atoms with Gasteiger partial charge in [0.2, 0.25) is 5.91 Å². The fraction of sp³-hybridized carbons (Fsp3) is 0.650. The molecule has 1 aromatic carbocycles. The first-order valence-corrected chi connectivity index (χ1v) is 9.48. The zero-order chi connectivity index (χ0) is 18.3. The molecule has 0 saturated heterocycles. The lowest BCUT2D eigenvalue weighted by Crippen LogP contribution is -2.47. The Balaban J connectivity index is 2.31. The number of hydrogen-bond acceptors (Lipinski definition) is 4. The van der Waals surface area contributed by atoms with Gasteiger partial charge in [-0.25, -0.2) is 0 Å². The first-order chi connectivity index (χ1) is 12.1. The van der Waals surface area contributed by atoms with Crippen LogP contribution in [-0.2, 0) is 19.7 Å². The van der Waals surface area contributed by atoms with Gasteiger partial charge in [0.15, 0.2) is 0 Å². The number of unbranched alkanes of at least 4 members (excludes halogenated alkanes) is 2. The van der Waals surface area contributed by atoms with Gasteiger partial charge in [0.25, 0.3) is 0 Å². The van der Waals surface area contributed by atoms with Crippen LogP contribution in [0.25, 0.3) is 0 Å². The van der Waals surface area contributed by atoms with Crippen molar-refractivity contribution >= 4 is 17.3 Å². The number of carbonyl (C=O) groups excluding carboxylic acids is 1. The van der Waals surface area contributed by atoms with E-state index in [1.807, 2.05) is 30.0 Å². The summed E-state index contributed by atoms with van der Waals surface area (Å²) in [5.74, 6) is 0.0589. The van der Waals surface area contributed by atoms with Crippen molar-refractivity contribution in [3.63, 3.8) is 0 Å². The second-order valence-corrected chi connectivity index (χ2v) is 6.72. The summed E-state index contributed by atoms with van der Waals surface area (Å²) in [4.78, 5) is 15.1. The molecule has 0 aromatic heterocycles. The second kappa shape index (κ2) is 9.20. The molecule has 5 nitrogen and oxygen atoms in total. The Kier molecular flexibility index (Phi) is 7.26. The van der Waals surface area contributed by atoms with Crippen molar-refractivity contribution in [1.29, 1.82) is 0 Å². The first-order valence-electron chi connectivity index (χ1n) is 9.48. The molecule has 25 heavy (non-hydrogen) atoms. The van der Waals surface area contributed by atoms with Gasteiger partial charge in [-0.1, -0.05) is 26.7 Å².